The minimum atomic E-state index is -0.0435. The van der Waals surface area contributed by atoms with Crippen LogP contribution in [0.2, 0.25) is 0 Å². The van der Waals surface area contributed by atoms with E-state index in [-0.39, 0.29) is 5.38 Å². The van der Waals surface area contributed by atoms with Crippen molar-refractivity contribution in [3.8, 4) is 0 Å². The third kappa shape index (κ3) is 2.06. The number of benzene rings is 1. The molecule has 0 aliphatic rings. The number of hydrogen-bond acceptors (Lipinski definition) is 2. The topological polar surface area (TPSA) is 0 Å². The lowest BCUT2D eigenvalue weighted by molar-refractivity contribution is 1.22. The molecule has 0 saturated carbocycles. The number of rotatable bonds is 2. The van der Waals surface area contributed by atoms with Gasteiger partial charge in [0.25, 0.3) is 0 Å². The fourth-order valence-electron chi connectivity index (χ4n) is 1.83. The summed E-state index contributed by atoms with van der Waals surface area (Å²) >= 11 is 13.6. The molecule has 4 heteroatoms. The molecule has 3 rings (SSSR count). The molecule has 0 aliphatic carbocycles. The normalized spacial score (nSPS) is 13.1. The van der Waals surface area contributed by atoms with Gasteiger partial charge in [-0.25, -0.2) is 0 Å². The molecule has 0 spiro atoms. The van der Waals surface area contributed by atoms with Gasteiger partial charge in [0.1, 0.15) is 0 Å². The largest absolute Gasteiger partial charge is 0.147 e. The van der Waals surface area contributed by atoms with Crippen LogP contribution in [0.15, 0.2) is 45.6 Å². The van der Waals surface area contributed by atoms with Crippen LogP contribution in [0.4, 0.5) is 0 Å². The molecule has 0 amide bonds. The third-order valence-corrected chi connectivity index (χ3v) is 6.16. The summed E-state index contributed by atoms with van der Waals surface area (Å²) < 4.78 is 2.41. The average Bonchev–Trinajstić information content (AvgIpc) is 2.98. The Morgan fingerprint density at radius 2 is 2.00 bits per heavy atom. The van der Waals surface area contributed by atoms with E-state index >= 15 is 0 Å². The highest BCUT2D eigenvalue weighted by atomic mass is 79.9. The van der Waals surface area contributed by atoms with Gasteiger partial charge < -0.3 is 0 Å². The Hall–Kier alpha value is -0.350. The van der Waals surface area contributed by atoms with Crippen molar-refractivity contribution in [3.05, 3.63) is 56.0 Å². The maximum atomic E-state index is 6.55. The van der Waals surface area contributed by atoms with E-state index in [0.717, 1.165) is 4.47 Å². The predicted molar refractivity (Wildman–Crippen MR) is 81.5 cm³/mol. The molecular weight excluding hydrogens is 336 g/mol. The number of thiophene rings is 2. The quantitative estimate of drug-likeness (QED) is 0.497. The number of fused-ring (bicyclic) bond motifs is 1. The lowest BCUT2D eigenvalue weighted by Gasteiger charge is -2.06. The van der Waals surface area contributed by atoms with E-state index in [1.165, 1.54) is 20.5 Å². The molecule has 0 radical (unpaired) electrons. The maximum absolute atomic E-state index is 6.55. The third-order valence-electron chi connectivity index (χ3n) is 2.65. The highest BCUT2D eigenvalue weighted by Crippen LogP contribution is 2.41. The van der Waals surface area contributed by atoms with Crippen LogP contribution in [0.5, 0.6) is 0 Å². The van der Waals surface area contributed by atoms with Gasteiger partial charge in [-0.2, -0.15) is 0 Å². The molecule has 3 aromatic rings. The molecule has 2 aromatic heterocycles. The second-order valence-electron chi connectivity index (χ2n) is 3.69. The molecule has 2 heterocycles. The van der Waals surface area contributed by atoms with Crippen molar-refractivity contribution in [2.75, 3.05) is 0 Å². The van der Waals surface area contributed by atoms with Gasteiger partial charge in [-0.05, 0) is 49.8 Å². The number of alkyl halides is 1. The van der Waals surface area contributed by atoms with Crippen molar-refractivity contribution < 1.29 is 0 Å². The fourth-order valence-corrected chi connectivity index (χ4v) is 4.67. The fraction of sp³-hybridized carbons (Fsp3) is 0.0769. The second-order valence-corrected chi connectivity index (χ2v) is 6.84. The van der Waals surface area contributed by atoms with E-state index in [9.17, 15) is 0 Å². The van der Waals surface area contributed by atoms with Crippen LogP contribution in [0.3, 0.4) is 0 Å². The molecule has 86 valence electrons. The van der Waals surface area contributed by atoms with E-state index in [1.54, 1.807) is 22.7 Å². The molecule has 0 aliphatic heterocycles. The number of halogens is 2. The Balaban J connectivity index is 2.15. The highest BCUT2D eigenvalue weighted by Gasteiger charge is 2.16. The summed E-state index contributed by atoms with van der Waals surface area (Å²) in [5.74, 6) is 0. The van der Waals surface area contributed by atoms with Crippen molar-refractivity contribution in [1.82, 2.24) is 0 Å². The zero-order valence-electron chi connectivity index (χ0n) is 8.69. The van der Waals surface area contributed by atoms with Crippen LogP contribution in [-0.2, 0) is 0 Å². The summed E-state index contributed by atoms with van der Waals surface area (Å²) in [4.78, 5) is 1.20. The van der Waals surface area contributed by atoms with E-state index < -0.39 is 0 Å². The molecule has 0 fully saturated rings. The Morgan fingerprint density at radius 3 is 2.76 bits per heavy atom. The summed E-state index contributed by atoms with van der Waals surface area (Å²) in [5, 5.41) is 5.43. The van der Waals surface area contributed by atoms with Gasteiger partial charge in [-0.1, -0.05) is 18.2 Å². The Morgan fingerprint density at radius 1 is 1.12 bits per heavy atom. The maximum Gasteiger partial charge on any atom is 0.0941 e. The SMILES string of the molecule is ClC(c1cccs1)c1csc2c(Br)cccc12. The minimum absolute atomic E-state index is 0.0435. The first-order chi connectivity index (χ1) is 8.27. The van der Waals surface area contributed by atoms with Gasteiger partial charge in [0, 0.05) is 14.0 Å². The van der Waals surface area contributed by atoms with Crippen LogP contribution in [0, 0.1) is 0 Å². The smallest absolute Gasteiger partial charge is 0.0941 e. The van der Waals surface area contributed by atoms with Crippen LogP contribution < -0.4 is 0 Å². The Kier molecular flexibility index (Phi) is 3.26. The lowest BCUT2D eigenvalue weighted by atomic mass is 10.1. The summed E-state index contributed by atoms with van der Waals surface area (Å²) in [7, 11) is 0. The van der Waals surface area contributed by atoms with Gasteiger partial charge in [-0.15, -0.1) is 34.3 Å². The summed E-state index contributed by atoms with van der Waals surface area (Å²) in [5.41, 5.74) is 1.20. The molecule has 17 heavy (non-hydrogen) atoms. The molecule has 0 nitrogen and oxygen atoms in total. The molecule has 1 aromatic carbocycles. The molecule has 0 saturated heterocycles. The molecule has 1 unspecified atom stereocenters. The van der Waals surface area contributed by atoms with Crippen molar-refractivity contribution >= 4 is 60.3 Å². The first kappa shape index (κ1) is 11.7. The van der Waals surface area contributed by atoms with Crippen molar-refractivity contribution in [2.45, 2.75) is 5.38 Å². The standard InChI is InChI=1S/C13H8BrClS2/c14-10-4-1-3-8-9(7-17-13(8)10)12(15)11-5-2-6-16-11/h1-7,12H. The van der Waals surface area contributed by atoms with Crippen LogP contribution in [0.1, 0.15) is 15.8 Å². The van der Waals surface area contributed by atoms with Gasteiger partial charge in [-0.3, -0.25) is 0 Å². The molecule has 1 atom stereocenters. The first-order valence-corrected chi connectivity index (χ1v) is 8.09. The van der Waals surface area contributed by atoms with Crippen LogP contribution in [0.25, 0.3) is 10.1 Å². The first-order valence-electron chi connectivity index (χ1n) is 5.10. The van der Waals surface area contributed by atoms with Crippen LogP contribution >= 0.6 is 50.2 Å². The van der Waals surface area contributed by atoms with Crippen LogP contribution in [-0.4, -0.2) is 0 Å². The zero-order chi connectivity index (χ0) is 11.8. The van der Waals surface area contributed by atoms with E-state index in [0.29, 0.717) is 0 Å². The monoisotopic (exact) mass is 342 g/mol. The van der Waals surface area contributed by atoms with Crippen molar-refractivity contribution in [1.29, 1.82) is 0 Å². The Bertz CT molecular complexity index is 643. The van der Waals surface area contributed by atoms with E-state index in [4.69, 9.17) is 11.6 Å². The Labute approximate surface area is 121 Å². The van der Waals surface area contributed by atoms with E-state index in [2.05, 4.69) is 51.0 Å². The van der Waals surface area contributed by atoms with E-state index in [1.807, 2.05) is 6.07 Å². The van der Waals surface area contributed by atoms with Gasteiger partial charge in [0.2, 0.25) is 0 Å². The van der Waals surface area contributed by atoms with Crippen molar-refractivity contribution in [3.63, 3.8) is 0 Å². The lowest BCUT2D eigenvalue weighted by Crippen LogP contribution is -1.87. The summed E-state index contributed by atoms with van der Waals surface area (Å²) in [6.07, 6.45) is 0. The average molecular weight is 344 g/mol. The van der Waals surface area contributed by atoms with Gasteiger partial charge in [0.05, 0.1) is 5.38 Å². The van der Waals surface area contributed by atoms with Crippen molar-refractivity contribution in [2.24, 2.45) is 0 Å². The minimum Gasteiger partial charge on any atom is -0.147 e. The molecular formula is C13H8BrClS2. The highest BCUT2D eigenvalue weighted by molar-refractivity contribution is 9.10. The summed E-state index contributed by atoms with van der Waals surface area (Å²) in [6, 6.07) is 10.4. The second kappa shape index (κ2) is 4.73. The van der Waals surface area contributed by atoms with Gasteiger partial charge in [0.15, 0.2) is 0 Å². The molecule has 0 N–H and O–H groups in total. The van der Waals surface area contributed by atoms with Gasteiger partial charge >= 0.3 is 0 Å². The zero-order valence-corrected chi connectivity index (χ0v) is 12.7. The molecule has 0 bridgehead atoms. The predicted octanol–water partition coefficient (Wildman–Crippen LogP) is 6.05. The number of hydrogen-bond donors (Lipinski definition) is 0. The summed E-state index contributed by atoms with van der Waals surface area (Å²) in [6.45, 7) is 0.